The SMILES string of the molecule is CC(C)N(CC/C(N)=N/O)Cc1cc(Cl)cc2c1OCC2. The molecule has 0 fully saturated rings. The molecule has 0 saturated heterocycles. The van der Waals surface area contributed by atoms with Crippen molar-refractivity contribution in [1.82, 2.24) is 4.90 Å². The van der Waals surface area contributed by atoms with E-state index in [0.717, 1.165) is 35.8 Å². The first kappa shape index (κ1) is 15.9. The van der Waals surface area contributed by atoms with E-state index in [-0.39, 0.29) is 5.84 Å². The third kappa shape index (κ3) is 4.02. The fraction of sp³-hybridized carbons (Fsp3) is 0.533. The normalized spacial score (nSPS) is 14.6. The number of halogens is 1. The summed E-state index contributed by atoms with van der Waals surface area (Å²) in [6, 6.07) is 4.28. The topological polar surface area (TPSA) is 71.1 Å². The maximum atomic E-state index is 8.65. The fourth-order valence-corrected chi connectivity index (χ4v) is 2.77. The quantitative estimate of drug-likeness (QED) is 0.367. The summed E-state index contributed by atoms with van der Waals surface area (Å²) in [5.41, 5.74) is 7.84. The molecule has 6 heteroatoms. The lowest BCUT2D eigenvalue weighted by Crippen LogP contribution is -2.33. The van der Waals surface area contributed by atoms with Gasteiger partial charge in [0.15, 0.2) is 0 Å². The summed E-state index contributed by atoms with van der Waals surface area (Å²) < 4.78 is 5.74. The van der Waals surface area contributed by atoms with Crippen LogP contribution >= 0.6 is 11.6 Å². The van der Waals surface area contributed by atoms with Gasteiger partial charge >= 0.3 is 0 Å². The second-order valence-corrected chi connectivity index (χ2v) is 5.99. The fourth-order valence-electron chi connectivity index (χ4n) is 2.51. The van der Waals surface area contributed by atoms with Gasteiger partial charge in [-0.1, -0.05) is 16.8 Å². The lowest BCUT2D eigenvalue weighted by molar-refractivity contribution is 0.214. The maximum absolute atomic E-state index is 8.65. The molecular formula is C15H22ClN3O2. The zero-order valence-electron chi connectivity index (χ0n) is 12.5. The van der Waals surface area contributed by atoms with Gasteiger partial charge in [0.1, 0.15) is 11.6 Å². The molecule has 0 amide bonds. The molecule has 0 aliphatic carbocycles. The van der Waals surface area contributed by atoms with E-state index in [4.69, 9.17) is 27.3 Å². The van der Waals surface area contributed by atoms with Crippen molar-refractivity contribution in [3.63, 3.8) is 0 Å². The van der Waals surface area contributed by atoms with Crippen LogP contribution in [0.2, 0.25) is 5.02 Å². The molecule has 0 unspecified atom stereocenters. The summed E-state index contributed by atoms with van der Waals surface area (Å²) in [5.74, 6) is 1.21. The highest BCUT2D eigenvalue weighted by Crippen LogP contribution is 2.33. The number of amidine groups is 1. The van der Waals surface area contributed by atoms with Gasteiger partial charge in [-0.25, -0.2) is 0 Å². The number of ether oxygens (including phenoxy) is 1. The van der Waals surface area contributed by atoms with Gasteiger partial charge in [-0.05, 0) is 31.5 Å². The molecule has 1 aliphatic rings. The van der Waals surface area contributed by atoms with Gasteiger partial charge in [0, 0.05) is 42.6 Å². The molecule has 0 atom stereocenters. The van der Waals surface area contributed by atoms with Crippen molar-refractivity contribution in [2.24, 2.45) is 10.9 Å². The number of fused-ring (bicyclic) bond motifs is 1. The minimum Gasteiger partial charge on any atom is -0.493 e. The van der Waals surface area contributed by atoms with Crippen molar-refractivity contribution in [2.45, 2.75) is 39.3 Å². The third-order valence-electron chi connectivity index (χ3n) is 3.71. The summed E-state index contributed by atoms with van der Waals surface area (Å²) in [6.07, 6.45) is 1.44. The zero-order valence-corrected chi connectivity index (χ0v) is 13.2. The van der Waals surface area contributed by atoms with Crippen LogP contribution in [0, 0.1) is 0 Å². The molecule has 1 aliphatic heterocycles. The Kier molecular flexibility index (Phi) is 5.31. The number of nitrogens with two attached hydrogens (primary N) is 1. The summed E-state index contributed by atoms with van der Waals surface area (Å²) in [7, 11) is 0. The average Bonchev–Trinajstić information content (AvgIpc) is 2.90. The minimum atomic E-state index is 0.244. The summed E-state index contributed by atoms with van der Waals surface area (Å²) >= 11 is 6.20. The van der Waals surface area contributed by atoms with E-state index in [1.807, 2.05) is 12.1 Å². The van der Waals surface area contributed by atoms with Gasteiger partial charge in [0.25, 0.3) is 0 Å². The van der Waals surface area contributed by atoms with Crippen molar-refractivity contribution < 1.29 is 9.94 Å². The standard InChI is InChI=1S/C15H22ClN3O2/c1-10(2)19(5-3-14(17)18-20)9-12-8-13(16)7-11-4-6-21-15(11)12/h7-8,10,20H,3-6,9H2,1-2H3,(H2,17,18). The Bertz CT molecular complexity index is 532. The molecule has 0 radical (unpaired) electrons. The minimum absolute atomic E-state index is 0.244. The van der Waals surface area contributed by atoms with Crippen molar-refractivity contribution in [3.05, 3.63) is 28.3 Å². The molecule has 2 rings (SSSR count). The Hall–Kier alpha value is -1.46. The predicted octanol–water partition coefficient (Wildman–Crippen LogP) is 2.62. The number of hydrogen-bond acceptors (Lipinski definition) is 4. The van der Waals surface area contributed by atoms with Crippen molar-refractivity contribution in [3.8, 4) is 5.75 Å². The first-order valence-corrected chi connectivity index (χ1v) is 7.53. The molecule has 0 aromatic heterocycles. The van der Waals surface area contributed by atoms with Crippen LogP contribution < -0.4 is 10.5 Å². The molecule has 5 nitrogen and oxygen atoms in total. The summed E-state index contributed by atoms with van der Waals surface area (Å²) in [4.78, 5) is 2.26. The van der Waals surface area contributed by atoms with Crippen molar-refractivity contribution in [2.75, 3.05) is 13.2 Å². The van der Waals surface area contributed by atoms with Gasteiger partial charge in [0.2, 0.25) is 0 Å². The van der Waals surface area contributed by atoms with Gasteiger partial charge < -0.3 is 15.7 Å². The molecule has 116 valence electrons. The Morgan fingerprint density at radius 2 is 2.29 bits per heavy atom. The number of nitrogens with zero attached hydrogens (tertiary/aromatic N) is 2. The molecule has 0 saturated carbocycles. The monoisotopic (exact) mass is 311 g/mol. The lowest BCUT2D eigenvalue weighted by atomic mass is 10.1. The molecule has 1 heterocycles. The van der Waals surface area contributed by atoms with E-state index >= 15 is 0 Å². The highest BCUT2D eigenvalue weighted by molar-refractivity contribution is 6.30. The van der Waals surface area contributed by atoms with Gasteiger partial charge in [0.05, 0.1) is 6.61 Å². The van der Waals surface area contributed by atoms with E-state index in [0.29, 0.717) is 19.1 Å². The smallest absolute Gasteiger partial charge is 0.140 e. The van der Waals surface area contributed by atoms with E-state index < -0.39 is 0 Å². The van der Waals surface area contributed by atoms with Crippen LogP contribution in [0.1, 0.15) is 31.4 Å². The molecule has 1 aromatic carbocycles. The summed E-state index contributed by atoms with van der Waals surface area (Å²) in [6.45, 7) is 6.42. The van der Waals surface area contributed by atoms with Gasteiger partial charge in [-0.15, -0.1) is 0 Å². The van der Waals surface area contributed by atoms with E-state index in [1.165, 1.54) is 5.56 Å². The molecule has 1 aromatic rings. The zero-order chi connectivity index (χ0) is 15.4. The van der Waals surface area contributed by atoms with Gasteiger partial charge in [-0.2, -0.15) is 0 Å². The molecule has 3 N–H and O–H groups in total. The Morgan fingerprint density at radius 1 is 1.52 bits per heavy atom. The van der Waals surface area contributed by atoms with E-state index in [9.17, 15) is 0 Å². The van der Waals surface area contributed by atoms with E-state index in [2.05, 4.69) is 23.9 Å². The molecule has 0 bridgehead atoms. The maximum Gasteiger partial charge on any atom is 0.140 e. The molecular weight excluding hydrogens is 290 g/mol. The van der Waals surface area contributed by atoms with Crippen LogP contribution in [0.4, 0.5) is 0 Å². The van der Waals surface area contributed by atoms with Gasteiger partial charge in [-0.3, -0.25) is 4.90 Å². The second-order valence-electron chi connectivity index (χ2n) is 5.56. The van der Waals surface area contributed by atoms with Crippen LogP contribution in [0.25, 0.3) is 0 Å². The van der Waals surface area contributed by atoms with Crippen molar-refractivity contribution >= 4 is 17.4 Å². The van der Waals surface area contributed by atoms with Crippen LogP contribution in [0.15, 0.2) is 17.3 Å². The summed E-state index contributed by atoms with van der Waals surface area (Å²) in [5, 5.41) is 12.4. The predicted molar refractivity (Wildman–Crippen MR) is 84.2 cm³/mol. The highest BCUT2D eigenvalue weighted by Gasteiger charge is 2.20. The molecule has 0 spiro atoms. The number of hydrogen-bond donors (Lipinski definition) is 2. The number of benzene rings is 1. The third-order valence-corrected chi connectivity index (χ3v) is 3.93. The van der Waals surface area contributed by atoms with E-state index in [1.54, 1.807) is 0 Å². The molecule has 21 heavy (non-hydrogen) atoms. The number of oxime groups is 1. The number of rotatable bonds is 6. The van der Waals surface area contributed by atoms with Crippen LogP contribution in [-0.4, -0.2) is 35.1 Å². The highest BCUT2D eigenvalue weighted by atomic mass is 35.5. The first-order chi connectivity index (χ1) is 10.0. The van der Waals surface area contributed by atoms with Crippen molar-refractivity contribution in [1.29, 1.82) is 0 Å². The second kappa shape index (κ2) is 7.00. The van der Waals surface area contributed by atoms with Crippen LogP contribution in [0.3, 0.4) is 0 Å². The first-order valence-electron chi connectivity index (χ1n) is 7.15. The lowest BCUT2D eigenvalue weighted by Gasteiger charge is -2.27. The Labute approximate surface area is 130 Å². The Morgan fingerprint density at radius 3 is 2.95 bits per heavy atom. The Balaban J connectivity index is 2.14. The van der Waals surface area contributed by atoms with Crippen LogP contribution in [0.5, 0.6) is 5.75 Å². The van der Waals surface area contributed by atoms with Crippen LogP contribution in [-0.2, 0) is 13.0 Å². The largest absolute Gasteiger partial charge is 0.493 e. The average molecular weight is 312 g/mol.